The second-order valence-corrected chi connectivity index (χ2v) is 6.61. The number of hydrogen-bond acceptors (Lipinski definition) is 6. The highest BCUT2D eigenvalue weighted by Gasteiger charge is 2.18. The van der Waals surface area contributed by atoms with Crippen LogP contribution in [0, 0.1) is 13.8 Å². The average molecular weight is 337 g/mol. The molecule has 7 nitrogen and oxygen atoms in total. The summed E-state index contributed by atoms with van der Waals surface area (Å²) in [6.45, 7) is 8.96. The highest BCUT2D eigenvalue weighted by Crippen LogP contribution is 2.16. The van der Waals surface area contributed by atoms with Gasteiger partial charge >= 0.3 is 0 Å². The smallest absolute Gasteiger partial charge is 0.225 e. The fraction of sp³-hybridized carbons (Fsp3) is 0.444. The zero-order valence-corrected chi connectivity index (χ0v) is 14.8. The molecule has 1 fully saturated rings. The van der Waals surface area contributed by atoms with Crippen molar-refractivity contribution in [1.29, 1.82) is 0 Å². The number of nitrogens with zero attached hydrogens (tertiary/aromatic N) is 7. The van der Waals surface area contributed by atoms with E-state index in [0.717, 1.165) is 62.1 Å². The lowest BCUT2D eigenvalue weighted by Gasteiger charge is -2.21. The average Bonchev–Trinajstić information content (AvgIpc) is 2.86. The molecule has 0 aliphatic carbocycles. The lowest BCUT2D eigenvalue weighted by Crippen LogP contribution is -2.31. The molecule has 1 aliphatic heterocycles. The summed E-state index contributed by atoms with van der Waals surface area (Å²) in [6.07, 6.45) is 6.67. The number of aromatic nitrogens is 5. The first-order valence-corrected chi connectivity index (χ1v) is 8.76. The molecule has 0 atom stereocenters. The fourth-order valence-electron chi connectivity index (χ4n) is 3.45. The molecular weight excluding hydrogens is 314 g/mol. The van der Waals surface area contributed by atoms with Gasteiger partial charge in [0.05, 0.1) is 6.20 Å². The van der Waals surface area contributed by atoms with Crippen LogP contribution in [0.2, 0.25) is 0 Å². The highest BCUT2D eigenvalue weighted by molar-refractivity contribution is 5.47. The third-order valence-corrected chi connectivity index (χ3v) is 4.67. The maximum atomic E-state index is 4.69. The molecular formula is C18H23N7. The van der Waals surface area contributed by atoms with Crippen LogP contribution in [0.1, 0.15) is 23.4 Å². The first-order chi connectivity index (χ1) is 12.2. The molecule has 0 radical (unpaired) electrons. The minimum absolute atomic E-state index is 0.827. The van der Waals surface area contributed by atoms with Gasteiger partial charge in [0.2, 0.25) is 5.95 Å². The minimum Gasteiger partial charge on any atom is -0.339 e. The van der Waals surface area contributed by atoms with Crippen molar-refractivity contribution in [3.63, 3.8) is 0 Å². The maximum Gasteiger partial charge on any atom is 0.225 e. The molecule has 3 aromatic rings. The third kappa shape index (κ3) is 3.32. The minimum atomic E-state index is 0.827. The van der Waals surface area contributed by atoms with Crippen molar-refractivity contribution >= 4 is 11.6 Å². The molecule has 0 N–H and O–H groups in total. The van der Waals surface area contributed by atoms with Crippen molar-refractivity contribution < 1.29 is 0 Å². The van der Waals surface area contributed by atoms with Crippen molar-refractivity contribution in [2.45, 2.75) is 26.8 Å². The van der Waals surface area contributed by atoms with Crippen LogP contribution >= 0.6 is 0 Å². The van der Waals surface area contributed by atoms with Gasteiger partial charge < -0.3 is 4.90 Å². The normalized spacial score (nSPS) is 16.3. The molecule has 3 aromatic heterocycles. The first-order valence-electron chi connectivity index (χ1n) is 8.76. The van der Waals surface area contributed by atoms with Crippen LogP contribution in [0.15, 0.2) is 30.7 Å². The Labute approximate surface area is 147 Å². The second kappa shape index (κ2) is 6.76. The van der Waals surface area contributed by atoms with Crippen molar-refractivity contribution in [2.24, 2.45) is 0 Å². The van der Waals surface area contributed by atoms with Gasteiger partial charge in [0.1, 0.15) is 0 Å². The Balaban J connectivity index is 1.49. The zero-order chi connectivity index (χ0) is 17.2. The van der Waals surface area contributed by atoms with Gasteiger partial charge in [-0.15, -0.1) is 0 Å². The van der Waals surface area contributed by atoms with Crippen molar-refractivity contribution in [2.75, 3.05) is 31.1 Å². The number of hydrogen-bond donors (Lipinski definition) is 0. The van der Waals surface area contributed by atoms with E-state index in [0.29, 0.717) is 0 Å². The lowest BCUT2D eigenvalue weighted by molar-refractivity contribution is 0.286. The Bertz CT molecular complexity index is 858. The first kappa shape index (κ1) is 16.0. The summed E-state index contributed by atoms with van der Waals surface area (Å²) in [6, 6.07) is 3.92. The summed E-state index contributed by atoms with van der Waals surface area (Å²) < 4.78 is 1.93. The van der Waals surface area contributed by atoms with Gasteiger partial charge in [-0.2, -0.15) is 5.10 Å². The van der Waals surface area contributed by atoms with Gasteiger partial charge in [0.15, 0.2) is 5.65 Å². The van der Waals surface area contributed by atoms with Crippen LogP contribution in [-0.4, -0.2) is 55.6 Å². The van der Waals surface area contributed by atoms with E-state index in [1.807, 2.05) is 23.7 Å². The van der Waals surface area contributed by atoms with Gasteiger partial charge in [0.25, 0.3) is 0 Å². The number of rotatable bonds is 3. The summed E-state index contributed by atoms with van der Waals surface area (Å²) in [4.78, 5) is 18.2. The molecule has 0 unspecified atom stereocenters. The molecule has 0 bridgehead atoms. The number of aryl methyl sites for hydroxylation is 2. The summed E-state index contributed by atoms with van der Waals surface area (Å²) >= 11 is 0. The predicted molar refractivity (Wildman–Crippen MR) is 96.6 cm³/mol. The Hall–Kier alpha value is -2.54. The maximum absolute atomic E-state index is 4.69. The van der Waals surface area contributed by atoms with E-state index in [4.69, 9.17) is 4.98 Å². The quantitative estimate of drug-likeness (QED) is 0.727. The molecule has 0 saturated carbocycles. The van der Waals surface area contributed by atoms with Gasteiger partial charge in [0, 0.05) is 62.1 Å². The molecule has 4 rings (SSSR count). The zero-order valence-electron chi connectivity index (χ0n) is 14.8. The second-order valence-electron chi connectivity index (χ2n) is 6.61. The molecule has 4 heterocycles. The molecule has 1 aliphatic rings. The van der Waals surface area contributed by atoms with Gasteiger partial charge in [-0.1, -0.05) is 0 Å². The number of fused-ring (bicyclic) bond motifs is 1. The SMILES string of the molecule is Cc1cc(C)n2ncc(CN3CCCN(c4ncccn4)CC3)c2n1. The van der Waals surface area contributed by atoms with Gasteiger partial charge in [-0.05, 0) is 32.4 Å². The Morgan fingerprint density at radius 2 is 1.88 bits per heavy atom. The van der Waals surface area contributed by atoms with Crippen molar-refractivity contribution in [3.05, 3.63) is 47.7 Å². The van der Waals surface area contributed by atoms with Gasteiger partial charge in [-0.3, -0.25) is 4.90 Å². The topological polar surface area (TPSA) is 62.5 Å². The van der Waals surface area contributed by atoms with Gasteiger partial charge in [-0.25, -0.2) is 19.5 Å². The monoisotopic (exact) mass is 337 g/mol. The molecule has 0 aromatic carbocycles. The summed E-state index contributed by atoms with van der Waals surface area (Å²) in [5.74, 6) is 0.827. The number of anilines is 1. The van der Waals surface area contributed by atoms with E-state index in [2.05, 4.69) is 37.9 Å². The van der Waals surface area contributed by atoms with E-state index >= 15 is 0 Å². The van der Waals surface area contributed by atoms with E-state index in [1.54, 1.807) is 12.4 Å². The summed E-state index contributed by atoms with van der Waals surface area (Å²) in [5.41, 5.74) is 4.33. The highest BCUT2D eigenvalue weighted by atomic mass is 15.3. The van der Waals surface area contributed by atoms with Crippen LogP contribution in [0.3, 0.4) is 0 Å². The van der Waals surface area contributed by atoms with E-state index in [-0.39, 0.29) is 0 Å². The van der Waals surface area contributed by atoms with Crippen LogP contribution < -0.4 is 4.90 Å². The largest absolute Gasteiger partial charge is 0.339 e. The van der Waals surface area contributed by atoms with E-state index < -0.39 is 0 Å². The van der Waals surface area contributed by atoms with Crippen molar-refractivity contribution in [1.82, 2.24) is 29.5 Å². The lowest BCUT2D eigenvalue weighted by atomic mass is 10.2. The Kier molecular flexibility index (Phi) is 4.31. The van der Waals surface area contributed by atoms with Crippen LogP contribution in [0.25, 0.3) is 5.65 Å². The molecule has 25 heavy (non-hydrogen) atoms. The third-order valence-electron chi connectivity index (χ3n) is 4.67. The Morgan fingerprint density at radius 3 is 2.72 bits per heavy atom. The van der Waals surface area contributed by atoms with Crippen LogP contribution in [-0.2, 0) is 6.54 Å². The van der Waals surface area contributed by atoms with Crippen molar-refractivity contribution in [3.8, 4) is 0 Å². The van der Waals surface area contributed by atoms with Crippen LogP contribution in [0.5, 0.6) is 0 Å². The molecule has 1 saturated heterocycles. The molecule has 7 heteroatoms. The fourth-order valence-corrected chi connectivity index (χ4v) is 3.45. The predicted octanol–water partition coefficient (Wildman–Crippen LogP) is 1.85. The molecule has 130 valence electrons. The van der Waals surface area contributed by atoms with Crippen LogP contribution in [0.4, 0.5) is 5.95 Å². The summed E-state index contributed by atoms with van der Waals surface area (Å²) in [7, 11) is 0. The standard InChI is InChI=1S/C18H23N7/c1-14-11-15(2)25-17(22-14)16(12-21-25)13-23-7-4-8-24(10-9-23)18-19-5-3-6-20-18/h3,5-6,11-12H,4,7-10,13H2,1-2H3. The molecule has 0 spiro atoms. The summed E-state index contributed by atoms with van der Waals surface area (Å²) in [5, 5.41) is 4.51. The van der Waals surface area contributed by atoms with E-state index in [1.165, 1.54) is 5.56 Å². The molecule has 0 amide bonds. The Morgan fingerprint density at radius 1 is 1.04 bits per heavy atom. The van der Waals surface area contributed by atoms with E-state index in [9.17, 15) is 0 Å².